The van der Waals surface area contributed by atoms with E-state index in [4.69, 9.17) is 0 Å². The average molecular weight is 153 g/mol. The molecule has 0 aromatic carbocycles. The lowest BCUT2D eigenvalue weighted by atomic mass is 9.78. The van der Waals surface area contributed by atoms with E-state index in [0.717, 1.165) is 19.6 Å². The molecule has 1 saturated heterocycles. The number of rotatable bonds is 0. The molecule has 3 nitrogen and oxygen atoms in total. The molecule has 2 rings (SSSR count). The van der Waals surface area contributed by atoms with Gasteiger partial charge in [0.15, 0.2) is 0 Å². The lowest BCUT2D eigenvalue weighted by molar-refractivity contribution is 0.241. The van der Waals surface area contributed by atoms with Crippen molar-refractivity contribution in [3.63, 3.8) is 0 Å². The maximum Gasteiger partial charge on any atom is 0.0240 e. The van der Waals surface area contributed by atoms with Crippen LogP contribution >= 0.6 is 0 Å². The summed E-state index contributed by atoms with van der Waals surface area (Å²) in [6.07, 6.45) is 6.86. The first-order valence-corrected chi connectivity index (χ1v) is 4.28. The van der Waals surface area contributed by atoms with Crippen molar-refractivity contribution in [3.8, 4) is 0 Å². The molecule has 0 aromatic rings. The van der Waals surface area contributed by atoms with Crippen molar-refractivity contribution in [2.24, 2.45) is 5.41 Å². The third-order valence-corrected chi connectivity index (χ3v) is 2.66. The molecule has 0 radical (unpaired) electrons. The van der Waals surface area contributed by atoms with Crippen molar-refractivity contribution < 1.29 is 0 Å². The van der Waals surface area contributed by atoms with Crippen LogP contribution in [0, 0.1) is 5.41 Å². The van der Waals surface area contributed by atoms with Gasteiger partial charge in [-0.05, 0) is 25.9 Å². The Hall–Kier alpha value is -0.540. The van der Waals surface area contributed by atoms with Crippen LogP contribution in [0.25, 0.3) is 0 Å². The number of hydrazine groups is 1. The molecule has 2 aliphatic rings. The molecule has 3 N–H and O–H groups in total. The van der Waals surface area contributed by atoms with Gasteiger partial charge in [0.05, 0.1) is 0 Å². The third-order valence-electron chi connectivity index (χ3n) is 2.66. The van der Waals surface area contributed by atoms with E-state index in [1.54, 1.807) is 0 Å². The fourth-order valence-electron chi connectivity index (χ4n) is 1.83. The Balaban J connectivity index is 2.06. The zero-order chi connectivity index (χ0) is 7.57. The Kier molecular flexibility index (Phi) is 1.84. The van der Waals surface area contributed by atoms with Crippen LogP contribution in [0.4, 0.5) is 0 Å². The summed E-state index contributed by atoms with van der Waals surface area (Å²) in [5, 5.41) is 3.37. The second-order valence-electron chi connectivity index (χ2n) is 3.44. The lowest BCUT2D eigenvalue weighted by Crippen LogP contribution is -2.47. The predicted octanol–water partition coefficient (Wildman–Crippen LogP) is -0.0223. The molecule has 0 saturated carbocycles. The number of hydrogen-bond acceptors (Lipinski definition) is 3. The normalized spacial score (nSPS) is 28.4. The van der Waals surface area contributed by atoms with Crippen molar-refractivity contribution in [2.45, 2.75) is 12.8 Å². The highest BCUT2D eigenvalue weighted by Crippen LogP contribution is 2.30. The molecule has 62 valence electrons. The van der Waals surface area contributed by atoms with E-state index in [9.17, 15) is 0 Å². The fourth-order valence-corrected chi connectivity index (χ4v) is 1.83. The van der Waals surface area contributed by atoms with Crippen LogP contribution in [0.5, 0.6) is 0 Å². The van der Waals surface area contributed by atoms with E-state index in [0.29, 0.717) is 5.41 Å². The molecular weight excluding hydrogens is 138 g/mol. The molecule has 0 unspecified atom stereocenters. The first-order chi connectivity index (χ1) is 5.41. The highest BCUT2D eigenvalue weighted by molar-refractivity contribution is 5.04. The first kappa shape index (κ1) is 7.13. The molecule has 1 fully saturated rings. The van der Waals surface area contributed by atoms with Gasteiger partial charge in [-0.3, -0.25) is 0 Å². The fraction of sp³-hybridized carbons (Fsp3) is 0.750. The average Bonchev–Trinajstić information content (AvgIpc) is 2.07. The van der Waals surface area contributed by atoms with Crippen LogP contribution in [0.3, 0.4) is 0 Å². The summed E-state index contributed by atoms with van der Waals surface area (Å²) in [7, 11) is 0. The Morgan fingerprint density at radius 1 is 1.18 bits per heavy atom. The zero-order valence-electron chi connectivity index (χ0n) is 6.69. The molecule has 0 bridgehead atoms. The molecule has 11 heavy (non-hydrogen) atoms. The number of hydrogen-bond donors (Lipinski definition) is 3. The molecule has 0 aliphatic carbocycles. The van der Waals surface area contributed by atoms with Crippen LogP contribution < -0.4 is 16.2 Å². The molecule has 2 heterocycles. The van der Waals surface area contributed by atoms with Crippen LogP contribution in [0.2, 0.25) is 0 Å². The van der Waals surface area contributed by atoms with E-state index in [1.165, 1.54) is 12.8 Å². The Morgan fingerprint density at radius 3 is 2.64 bits per heavy atom. The third kappa shape index (κ3) is 1.39. The molecule has 0 aromatic heterocycles. The molecule has 0 amide bonds. The van der Waals surface area contributed by atoms with Crippen molar-refractivity contribution in [1.82, 2.24) is 16.2 Å². The quantitative estimate of drug-likeness (QED) is 0.457. The van der Waals surface area contributed by atoms with Gasteiger partial charge in [-0.15, -0.1) is 0 Å². The van der Waals surface area contributed by atoms with Gasteiger partial charge in [-0.2, -0.15) is 0 Å². The smallest absolute Gasteiger partial charge is 0.0240 e. The largest absolute Gasteiger partial charge is 0.329 e. The monoisotopic (exact) mass is 153 g/mol. The van der Waals surface area contributed by atoms with Gasteiger partial charge >= 0.3 is 0 Å². The number of nitrogens with one attached hydrogen (secondary N) is 3. The van der Waals surface area contributed by atoms with E-state index in [-0.39, 0.29) is 0 Å². The summed E-state index contributed by atoms with van der Waals surface area (Å²) in [5.41, 5.74) is 6.63. The molecular formula is C8H15N3. The maximum absolute atomic E-state index is 3.37. The van der Waals surface area contributed by atoms with E-state index in [2.05, 4.69) is 22.2 Å². The number of piperidine rings is 1. The van der Waals surface area contributed by atoms with Crippen molar-refractivity contribution in [3.05, 3.63) is 12.3 Å². The highest BCUT2D eigenvalue weighted by Gasteiger charge is 2.30. The summed E-state index contributed by atoms with van der Waals surface area (Å²) in [5.74, 6) is 0. The summed E-state index contributed by atoms with van der Waals surface area (Å²) in [4.78, 5) is 0. The van der Waals surface area contributed by atoms with Crippen LogP contribution in [-0.2, 0) is 0 Å². The Labute approximate surface area is 67.2 Å². The molecule has 2 aliphatic heterocycles. The van der Waals surface area contributed by atoms with Gasteiger partial charge in [0.1, 0.15) is 0 Å². The van der Waals surface area contributed by atoms with Crippen molar-refractivity contribution in [2.75, 3.05) is 19.6 Å². The van der Waals surface area contributed by atoms with Gasteiger partial charge in [0, 0.05) is 18.2 Å². The molecule has 0 atom stereocenters. The highest BCUT2D eigenvalue weighted by atomic mass is 15.3. The summed E-state index contributed by atoms with van der Waals surface area (Å²) >= 11 is 0. The summed E-state index contributed by atoms with van der Waals surface area (Å²) in [6.45, 7) is 3.39. The molecule has 1 spiro atoms. The van der Waals surface area contributed by atoms with Crippen LogP contribution in [0.1, 0.15) is 12.8 Å². The Morgan fingerprint density at radius 2 is 2.00 bits per heavy atom. The summed E-state index contributed by atoms with van der Waals surface area (Å²) < 4.78 is 0. The predicted molar refractivity (Wildman–Crippen MR) is 44.8 cm³/mol. The molecule has 3 heteroatoms. The van der Waals surface area contributed by atoms with Crippen molar-refractivity contribution in [1.29, 1.82) is 0 Å². The van der Waals surface area contributed by atoms with E-state index >= 15 is 0 Å². The Bertz CT molecular complexity index is 159. The van der Waals surface area contributed by atoms with Gasteiger partial charge in [0.25, 0.3) is 0 Å². The van der Waals surface area contributed by atoms with Gasteiger partial charge < -0.3 is 10.7 Å². The lowest BCUT2D eigenvalue weighted by Gasteiger charge is -2.37. The summed E-state index contributed by atoms with van der Waals surface area (Å²) in [6, 6.07) is 0. The SMILES string of the molecule is C1=CC2(CCNCC2)CNN1. The van der Waals surface area contributed by atoms with E-state index < -0.39 is 0 Å². The topological polar surface area (TPSA) is 36.1 Å². The second kappa shape index (κ2) is 2.83. The van der Waals surface area contributed by atoms with Gasteiger partial charge in [0.2, 0.25) is 0 Å². The van der Waals surface area contributed by atoms with Crippen LogP contribution in [-0.4, -0.2) is 19.6 Å². The minimum atomic E-state index is 0.441. The first-order valence-electron chi connectivity index (χ1n) is 4.28. The minimum Gasteiger partial charge on any atom is -0.329 e. The van der Waals surface area contributed by atoms with Crippen LogP contribution in [0.15, 0.2) is 12.3 Å². The van der Waals surface area contributed by atoms with Gasteiger partial charge in [-0.1, -0.05) is 6.08 Å². The van der Waals surface area contributed by atoms with E-state index in [1.807, 2.05) is 6.20 Å². The second-order valence-corrected chi connectivity index (χ2v) is 3.44. The zero-order valence-corrected chi connectivity index (χ0v) is 6.69. The standard InChI is InChI=1S/C8H15N3/c1-4-9-5-2-8(1)3-6-10-11-7-8/h3,6,9-11H,1-2,4-5,7H2. The van der Waals surface area contributed by atoms with Gasteiger partial charge in [-0.25, -0.2) is 5.43 Å². The minimum absolute atomic E-state index is 0.441. The maximum atomic E-state index is 3.37. The van der Waals surface area contributed by atoms with Crippen molar-refractivity contribution >= 4 is 0 Å².